The molecule has 3 N–H and O–H groups in total. The van der Waals surface area contributed by atoms with E-state index in [1.54, 1.807) is 17.5 Å². The molecule has 0 aliphatic rings. The van der Waals surface area contributed by atoms with Crippen molar-refractivity contribution in [2.24, 2.45) is 0 Å². The lowest BCUT2D eigenvalue weighted by Gasteiger charge is -2.15. The number of aliphatic hydroxyl groups is 1. The van der Waals surface area contributed by atoms with E-state index in [1.807, 2.05) is 0 Å². The van der Waals surface area contributed by atoms with Crippen molar-refractivity contribution in [3.63, 3.8) is 0 Å². The average molecular weight is 292 g/mol. The molecule has 2 unspecified atom stereocenters. The summed E-state index contributed by atoms with van der Waals surface area (Å²) >= 11 is 1.22. The number of alkyl halides is 2. The van der Waals surface area contributed by atoms with Crippen molar-refractivity contribution < 1.29 is 23.5 Å². The molecule has 0 radical (unpaired) electrons. The maximum absolute atomic E-state index is 12.0. The normalized spacial score (nSPS) is 13.9. The van der Waals surface area contributed by atoms with Crippen LogP contribution in [0.2, 0.25) is 0 Å². The Morgan fingerprint density at radius 1 is 1.47 bits per heavy atom. The summed E-state index contributed by atoms with van der Waals surface area (Å²) in [4.78, 5) is 23.6. The molecule has 0 saturated carbocycles. The number of hydrogen-bond donors (Lipinski definition) is 3. The van der Waals surface area contributed by atoms with Crippen LogP contribution in [0.5, 0.6) is 0 Å². The number of nitrogens with one attached hydrogen (secondary N) is 2. The summed E-state index contributed by atoms with van der Waals surface area (Å²) in [7, 11) is 0. The highest BCUT2D eigenvalue weighted by atomic mass is 32.1. The third kappa shape index (κ3) is 4.92. The molecule has 1 aromatic rings. The summed E-state index contributed by atoms with van der Waals surface area (Å²) in [5.74, 6) is -1.04. The van der Waals surface area contributed by atoms with Crippen LogP contribution in [-0.4, -0.2) is 42.0 Å². The fourth-order valence-corrected chi connectivity index (χ4v) is 1.82. The summed E-state index contributed by atoms with van der Waals surface area (Å²) in [5.41, 5.74) is 0. The molecule has 0 aliphatic carbocycles. The predicted octanol–water partition coefficient (Wildman–Crippen LogP) is 0.609. The number of rotatable bonds is 6. The van der Waals surface area contributed by atoms with E-state index in [0.717, 1.165) is 0 Å². The second-order valence-corrected chi connectivity index (χ2v) is 4.77. The minimum Gasteiger partial charge on any atom is -0.385 e. The van der Waals surface area contributed by atoms with Crippen LogP contribution in [0, 0.1) is 0 Å². The number of amides is 2. The maximum atomic E-state index is 12.0. The second-order valence-electron chi connectivity index (χ2n) is 3.82. The number of thiophene rings is 1. The zero-order valence-electron chi connectivity index (χ0n) is 10.1. The van der Waals surface area contributed by atoms with Gasteiger partial charge in [-0.15, -0.1) is 11.3 Å². The van der Waals surface area contributed by atoms with Crippen molar-refractivity contribution in [2.45, 2.75) is 25.5 Å². The summed E-state index contributed by atoms with van der Waals surface area (Å²) in [5, 5.41) is 15.1. The van der Waals surface area contributed by atoms with Gasteiger partial charge in [0, 0.05) is 6.54 Å². The van der Waals surface area contributed by atoms with Crippen LogP contribution < -0.4 is 10.6 Å². The van der Waals surface area contributed by atoms with E-state index in [9.17, 15) is 18.4 Å². The monoisotopic (exact) mass is 292 g/mol. The van der Waals surface area contributed by atoms with Gasteiger partial charge in [0.1, 0.15) is 12.1 Å². The fourth-order valence-electron chi connectivity index (χ4n) is 1.19. The summed E-state index contributed by atoms with van der Waals surface area (Å²) in [6, 6.07) is 2.42. The standard InChI is InChI=1S/C11H14F2N2O3S/c1-6(10(17)14-5-7(16)9(12)13)15-11(18)8-3-2-4-19-8/h2-4,6-7,9,16H,5H2,1H3,(H,14,17)(H,15,18). The van der Waals surface area contributed by atoms with Gasteiger partial charge in [-0.1, -0.05) is 6.07 Å². The fraction of sp³-hybridized carbons (Fsp3) is 0.455. The van der Waals surface area contributed by atoms with Crippen molar-refractivity contribution in [1.29, 1.82) is 0 Å². The highest BCUT2D eigenvalue weighted by Gasteiger charge is 2.21. The molecule has 0 aromatic carbocycles. The molecule has 19 heavy (non-hydrogen) atoms. The van der Waals surface area contributed by atoms with Crippen molar-refractivity contribution in [3.8, 4) is 0 Å². The third-order valence-corrected chi connectivity index (χ3v) is 3.13. The molecule has 0 fully saturated rings. The predicted molar refractivity (Wildman–Crippen MR) is 66.3 cm³/mol. The Labute approximate surface area is 112 Å². The van der Waals surface area contributed by atoms with E-state index in [1.165, 1.54) is 18.3 Å². The largest absolute Gasteiger partial charge is 0.385 e. The minimum atomic E-state index is -2.92. The van der Waals surface area contributed by atoms with E-state index in [0.29, 0.717) is 4.88 Å². The van der Waals surface area contributed by atoms with Gasteiger partial charge in [-0.3, -0.25) is 9.59 Å². The molecule has 1 rings (SSSR count). The van der Waals surface area contributed by atoms with E-state index in [-0.39, 0.29) is 0 Å². The molecule has 8 heteroatoms. The Bertz CT molecular complexity index is 426. The number of carbonyl (C=O) groups excluding carboxylic acids is 2. The van der Waals surface area contributed by atoms with Gasteiger partial charge in [-0.25, -0.2) is 8.78 Å². The smallest absolute Gasteiger partial charge is 0.265 e. The number of halogens is 2. The van der Waals surface area contributed by atoms with Crippen LogP contribution in [0.15, 0.2) is 17.5 Å². The molecule has 0 spiro atoms. The molecule has 0 aliphatic heterocycles. The average Bonchev–Trinajstić information content (AvgIpc) is 2.88. The molecule has 0 saturated heterocycles. The first-order valence-electron chi connectivity index (χ1n) is 5.50. The molecule has 106 valence electrons. The zero-order valence-corrected chi connectivity index (χ0v) is 10.9. The minimum absolute atomic E-state index is 0.410. The SMILES string of the molecule is CC(NC(=O)c1cccs1)C(=O)NCC(O)C(F)F. The van der Waals surface area contributed by atoms with Gasteiger partial charge in [0.25, 0.3) is 12.3 Å². The molecular weight excluding hydrogens is 278 g/mol. The van der Waals surface area contributed by atoms with Crippen LogP contribution in [-0.2, 0) is 4.79 Å². The Kier molecular flexibility index (Phi) is 5.84. The summed E-state index contributed by atoms with van der Waals surface area (Å²) in [6.07, 6.45) is -4.83. The third-order valence-electron chi connectivity index (χ3n) is 2.26. The number of carbonyl (C=O) groups is 2. The van der Waals surface area contributed by atoms with E-state index < -0.39 is 36.9 Å². The molecule has 0 bridgehead atoms. The van der Waals surface area contributed by atoms with Crippen LogP contribution in [0.3, 0.4) is 0 Å². The van der Waals surface area contributed by atoms with Gasteiger partial charge in [-0.05, 0) is 18.4 Å². The second kappa shape index (κ2) is 7.15. The lowest BCUT2D eigenvalue weighted by molar-refractivity contribution is -0.123. The van der Waals surface area contributed by atoms with Gasteiger partial charge in [-0.2, -0.15) is 0 Å². The molecule has 5 nitrogen and oxygen atoms in total. The highest BCUT2D eigenvalue weighted by molar-refractivity contribution is 7.12. The van der Waals surface area contributed by atoms with Crippen LogP contribution in [0.4, 0.5) is 8.78 Å². The topological polar surface area (TPSA) is 78.4 Å². The van der Waals surface area contributed by atoms with Crippen molar-refractivity contribution in [1.82, 2.24) is 10.6 Å². The van der Waals surface area contributed by atoms with Crippen molar-refractivity contribution in [3.05, 3.63) is 22.4 Å². The molecular formula is C11H14F2N2O3S. The highest BCUT2D eigenvalue weighted by Crippen LogP contribution is 2.08. The van der Waals surface area contributed by atoms with Crippen molar-refractivity contribution in [2.75, 3.05) is 6.54 Å². The number of hydrogen-bond acceptors (Lipinski definition) is 4. The first-order chi connectivity index (χ1) is 8.91. The lowest BCUT2D eigenvalue weighted by Crippen LogP contribution is -2.47. The summed E-state index contributed by atoms with van der Waals surface area (Å²) < 4.78 is 24.0. The van der Waals surface area contributed by atoms with Gasteiger partial charge >= 0.3 is 0 Å². The lowest BCUT2D eigenvalue weighted by atomic mass is 10.3. The van der Waals surface area contributed by atoms with Gasteiger partial charge in [0.05, 0.1) is 4.88 Å². The Hall–Kier alpha value is -1.54. The maximum Gasteiger partial charge on any atom is 0.265 e. The quantitative estimate of drug-likeness (QED) is 0.719. The molecule has 1 aromatic heterocycles. The Balaban J connectivity index is 2.39. The van der Waals surface area contributed by atoms with Gasteiger partial charge < -0.3 is 15.7 Å². The Morgan fingerprint density at radius 3 is 2.68 bits per heavy atom. The van der Waals surface area contributed by atoms with Crippen LogP contribution in [0.1, 0.15) is 16.6 Å². The van der Waals surface area contributed by atoms with Crippen LogP contribution >= 0.6 is 11.3 Å². The van der Waals surface area contributed by atoms with E-state index >= 15 is 0 Å². The summed E-state index contributed by atoms with van der Waals surface area (Å²) in [6.45, 7) is 0.866. The first-order valence-corrected chi connectivity index (χ1v) is 6.38. The van der Waals surface area contributed by atoms with Gasteiger partial charge in [0.15, 0.2) is 0 Å². The molecule has 2 atom stereocenters. The van der Waals surface area contributed by atoms with E-state index in [2.05, 4.69) is 10.6 Å². The van der Waals surface area contributed by atoms with E-state index in [4.69, 9.17) is 5.11 Å². The zero-order chi connectivity index (χ0) is 14.4. The molecule has 2 amide bonds. The van der Waals surface area contributed by atoms with Crippen LogP contribution in [0.25, 0.3) is 0 Å². The number of aliphatic hydroxyl groups excluding tert-OH is 1. The molecule has 1 heterocycles. The Morgan fingerprint density at radius 2 is 2.16 bits per heavy atom. The van der Waals surface area contributed by atoms with Crippen molar-refractivity contribution >= 4 is 23.2 Å². The van der Waals surface area contributed by atoms with Gasteiger partial charge in [0.2, 0.25) is 5.91 Å². The first kappa shape index (κ1) is 15.5.